The van der Waals surface area contributed by atoms with Crippen LogP contribution in [-0.2, 0) is 0 Å². The van der Waals surface area contributed by atoms with Crippen molar-refractivity contribution in [2.75, 3.05) is 6.61 Å². The van der Waals surface area contributed by atoms with Crippen LogP contribution in [0.1, 0.15) is 13.3 Å². The van der Waals surface area contributed by atoms with Gasteiger partial charge in [0.25, 0.3) is 0 Å². The molecule has 0 saturated heterocycles. The molecule has 0 bridgehead atoms. The van der Waals surface area contributed by atoms with Crippen LogP contribution >= 0.6 is 0 Å². The maximum Gasteiger partial charge on any atom is 0.242 e. The minimum absolute atomic E-state index is 0.195. The monoisotopic (exact) mass is 180 g/mol. The van der Waals surface area contributed by atoms with Gasteiger partial charge in [-0.1, -0.05) is 19.1 Å². The first kappa shape index (κ1) is 8.38. The van der Waals surface area contributed by atoms with Gasteiger partial charge in [0.15, 0.2) is 18.1 Å². The SMILES string of the molecule is CCC1(O)COc2ccccc2O1. The van der Waals surface area contributed by atoms with Crippen LogP contribution in [0.2, 0.25) is 0 Å². The summed E-state index contributed by atoms with van der Waals surface area (Å²) in [4.78, 5) is 0. The normalized spacial score (nSPS) is 25.7. The second kappa shape index (κ2) is 2.92. The number of ether oxygens (including phenoxy) is 2. The van der Waals surface area contributed by atoms with Gasteiger partial charge in [0.1, 0.15) is 0 Å². The van der Waals surface area contributed by atoms with Crippen molar-refractivity contribution in [2.45, 2.75) is 19.1 Å². The van der Waals surface area contributed by atoms with E-state index in [1.165, 1.54) is 0 Å². The summed E-state index contributed by atoms with van der Waals surface area (Å²) in [5.74, 6) is 0.146. The molecule has 0 radical (unpaired) electrons. The van der Waals surface area contributed by atoms with Crippen LogP contribution in [0.4, 0.5) is 0 Å². The fourth-order valence-corrected chi connectivity index (χ4v) is 1.25. The van der Waals surface area contributed by atoms with Gasteiger partial charge in [-0.25, -0.2) is 0 Å². The van der Waals surface area contributed by atoms with Gasteiger partial charge in [0.05, 0.1) is 0 Å². The third-order valence-electron chi connectivity index (χ3n) is 2.15. The minimum atomic E-state index is -1.16. The zero-order valence-corrected chi connectivity index (χ0v) is 7.49. The molecule has 0 fully saturated rings. The fourth-order valence-electron chi connectivity index (χ4n) is 1.25. The van der Waals surface area contributed by atoms with E-state index in [1.807, 2.05) is 25.1 Å². The molecule has 1 N–H and O–H groups in total. The number of fused-ring (bicyclic) bond motifs is 1. The number of benzene rings is 1. The van der Waals surface area contributed by atoms with Gasteiger partial charge < -0.3 is 14.6 Å². The van der Waals surface area contributed by atoms with Gasteiger partial charge in [-0.3, -0.25) is 0 Å². The molecule has 1 atom stereocenters. The summed E-state index contributed by atoms with van der Waals surface area (Å²) in [7, 11) is 0. The molecule has 2 rings (SSSR count). The first-order valence-corrected chi connectivity index (χ1v) is 4.37. The fraction of sp³-hybridized carbons (Fsp3) is 0.400. The third kappa shape index (κ3) is 1.47. The van der Waals surface area contributed by atoms with Crippen molar-refractivity contribution in [1.82, 2.24) is 0 Å². The van der Waals surface area contributed by atoms with E-state index in [0.717, 1.165) is 0 Å². The number of hydrogen-bond acceptors (Lipinski definition) is 3. The summed E-state index contributed by atoms with van der Waals surface area (Å²) in [6.45, 7) is 2.05. The Kier molecular flexibility index (Phi) is 1.88. The van der Waals surface area contributed by atoms with Gasteiger partial charge in [0.2, 0.25) is 5.79 Å². The number of aliphatic hydroxyl groups is 1. The predicted octanol–water partition coefficient (Wildman–Crippen LogP) is 1.56. The molecule has 0 aliphatic carbocycles. The average molecular weight is 180 g/mol. The first-order chi connectivity index (χ1) is 6.23. The van der Waals surface area contributed by atoms with Gasteiger partial charge >= 0.3 is 0 Å². The van der Waals surface area contributed by atoms with E-state index in [1.54, 1.807) is 6.07 Å². The van der Waals surface area contributed by atoms with E-state index in [2.05, 4.69) is 0 Å². The molecule has 3 nitrogen and oxygen atoms in total. The average Bonchev–Trinajstić information content (AvgIpc) is 2.18. The molecule has 13 heavy (non-hydrogen) atoms. The van der Waals surface area contributed by atoms with E-state index in [0.29, 0.717) is 17.9 Å². The second-order valence-electron chi connectivity index (χ2n) is 3.14. The Morgan fingerprint density at radius 1 is 1.38 bits per heavy atom. The van der Waals surface area contributed by atoms with Gasteiger partial charge in [-0.2, -0.15) is 0 Å². The van der Waals surface area contributed by atoms with Crippen molar-refractivity contribution in [3.8, 4) is 11.5 Å². The van der Waals surface area contributed by atoms with Crippen LogP contribution in [-0.4, -0.2) is 17.5 Å². The van der Waals surface area contributed by atoms with Crippen LogP contribution in [0.15, 0.2) is 24.3 Å². The Morgan fingerprint density at radius 3 is 2.77 bits per heavy atom. The largest absolute Gasteiger partial charge is 0.483 e. The standard InChI is InChI=1S/C10H12O3/c1-2-10(11)7-12-8-5-3-4-6-9(8)13-10/h3-6,11H,2,7H2,1H3. The molecule has 1 aliphatic rings. The quantitative estimate of drug-likeness (QED) is 0.712. The smallest absolute Gasteiger partial charge is 0.242 e. The van der Waals surface area contributed by atoms with Gasteiger partial charge in [0, 0.05) is 6.42 Å². The first-order valence-electron chi connectivity index (χ1n) is 4.37. The molecule has 0 spiro atoms. The zero-order chi connectivity index (χ0) is 9.31. The molecular formula is C10H12O3. The van der Waals surface area contributed by atoms with E-state index in [9.17, 15) is 5.11 Å². The van der Waals surface area contributed by atoms with Crippen molar-refractivity contribution in [2.24, 2.45) is 0 Å². The molecule has 1 aromatic carbocycles. The van der Waals surface area contributed by atoms with E-state index >= 15 is 0 Å². The predicted molar refractivity (Wildman–Crippen MR) is 47.8 cm³/mol. The Balaban J connectivity index is 2.29. The maximum absolute atomic E-state index is 9.78. The third-order valence-corrected chi connectivity index (χ3v) is 2.15. The lowest BCUT2D eigenvalue weighted by atomic mass is 10.2. The van der Waals surface area contributed by atoms with Crippen molar-refractivity contribution < 1.29 is 14.6 Å². The highest BCUT2D eigenvalue weighted by molar-refractivity contribution is 5.40. The number of para-hydroxylation sites is 2. The van der Waals surface area contributed by atoms with Gasteiger partial charge in [-0.15, -0.1) is 0 Å². The molecule has 3 heteroatoms. The molecule has 0 amide bonds. The van der Waals surface area contributed by atoms with Crippen LogP contribution in [0.25, 0.3) is 0 Å². The van der Waals surface area contributed by atoms with Crippen molar-refractivity contribution in [3.63, 3.8) is 0 Å². The Bertz CT molecular complexity index is 311. The topological polar surface area (TPSA) is 38.7 Å². The Hall–Kier alpha value is -1.22. The highest BCUT2D eigenvalue weighted by Gasteiger charge is 2.33. The highest BCUT2D eigenvalue weighted by Crippen LogP contribution is 2.34. The molecule has 70 valence electrons. The summed E-state index contributed by atoms with van der Waals surface area (Å²) in [6, 6.07) is 7.34. The van der Waals surface area contributed by atoms with E-state index in [-0.39, 0.29) is 6.61 Å². The summed E-state index contributed by atoms with van der Waals surface area (Å²) < 4.78 is 10.8. The summed E-state index contributed by atoms with van der Waals surface area (Å²) in [6.07, 6.45) is 0.515. The van der Waals surface area contributed by atoms with Crippen molar-refractivity contribution in [3.05, 3.63) is 24.3 Å². The Labute approximate surface area is 76.9 Å². The number of hydrogen-bond donors (Lipinski definition) is 1. The lowest BCUT2D eigenvalue weighted by Gasteiger charge is -2.32. The van der Waals surface area contributed by atoms with E-state index < -0.39 is 5.79 Å². The maximum atomic E-state index is 9.78. The summed E-state index contributed by atoms with van der Waals surface area (Å²) in [5.41, 5.74) is 0. The lowest BCUT2D eigenvalue weighted by Crippen LogP contribution is -2.44. The molecule has 1 unspecified atom stereocenters. The highest BCUT2D eigenvalue weighted by atomic mass is 16.7. The lowest BCUT2D eigenvalue weighted by molar-refractivity contribution is -0.175. The van der Waals surface area contributed by atoms with Crippen molar-refractivity contribution in [1.29, 1.82) is 0 Å². The molecule has 1 aromatic rings. The van der Waals surface area contributed by atoms with Gasteiger partial charge in [-0.05, 0) is 12.1 Å². The Morgan fingerprint density at radius 2 is 2.08 bits per heavy atom. The van der Waals surface area contributed by atoms with Crippen LogP contribution in [0, 0.1) is 0 Å². The molecule has 0 saturated carbocycles. The molecule has 0 aromatic heterocycles. The van der Waals surface area contributed by atoms with Crippen LogP contribution < -0.4 is 9.47 Å². The van der Waals surface area contributed by atoms with Crippen LogP contribution in [0.3, 0.4) is 0 Å². The molecule has 1 heterocycles. The summed E-state index contributed by atoms with van der Waals surface area (Å²) >= 11 is 0. The molecule has 1 aliphatic heterocycles. The molecular weight excluding hydrogens is 168 g/mol. The van der Waals surface area contributed by atoms with Crippen LogP contribution in [0.5, 0.6) is 11.5 Å². The summed E-state index contributed by atoms with van der Waals surface area (Å²) in [5, 5.41) is 9.78. The zero-order valence-electron chi connectivity index (χ0n) is 7.49. The minimum Gasteiger partial charge on any atom is -0.483 e. The van der Waals surface area contributed by atoms with Crippen molar-refractivity contribution >= 4 is 0 Å². The second-order valence-corrected chi connectivity index (χ2v) is 3.14. The number of rotatable bonds is 1. The van der Waals surface area contributed by atoms with E-state index in [4.69, 9.17) is 9.47 Å².